The normalized spacial score (nSPS) is 10.7. The predicted molar refractivity (Wildman–Crippen MR) is 137 cm³/mol. The maximum Gasteiger partial charge on any atom is 0.266 e. The molecular formula is C25H19BrClN3O5. The van der Waals surface area contributed by atoms with E-state index in [4.69, 9.17) is 21.1 Å². The Bertz CT molecular complexity index is 1320. The molecule has 0 aromatic heterocycles. The maximum atomic E-state index is 12.5. The summed E-state index contributed by atoms with van der Waals surface area (Å²) >= 11 is 9.44. The van der Waals surface area contributed by atoms with E-state index in [9.17, 15) is 20.0 Å². The number of benzene rings is 3. The lowest BCUT2D eigenvalue weighted by atomic mass is 10.1. The Kier molecular flexibility index (Phi) is 8.73. The van der Waals surface area contributed by atoms with Crippen molar-refractivity contribution >= 4 is 56.8 Å². The number of anilines is 2. The number of methoxy groups -OCH3 is 1. The van der Waals surface area contributed by atoms with Crippen molar-refractivity contribution in [3.8, 4) is 23.3 Å². The van der Waals surface area contributed by atoms with Crippen molar-refractivity contribution in [1.82, 2.24) is 0 Å². The number of halogens is 2. The number of amides is 2. The van der Waals surface area contributed by atoms with Crippen molar-refractivity contribution in [2.75, 3.05) is 24.4 Å². The first kappa shape index (κ1) is 25.6. The second-order valence-corrected chi connectivity index (χ2v) is 8.28. The van der Waals surface area contributed by atoms with E-state index < -0.39 is 11.8 Å². The summed E-state index contributed by atoms with van der Waals surface area (Å²) in [5, 5.41) is 24.5. The molecule has 2 amide bonds. The van der Waals surface area contributed by atoms with Crippen molar-refractivity contribution in [3.63, 3.8) is 0 Å². The molecule has 8 nitrogen and oxygen atoms in total. The molecule has 3 rings (SSSR count). The van der Waals surface area contributed by atoms with E-state index in [0.29, 0.717) is 26.4 Å². The Morgan fingerprint density at radius 2 is 1.86 bits per heavy atom. The summed E-state index contributed by atoms with van der Waals surface area (Å²) in [6.07, 6.45) is 1.39. The van der Waals surface area contributed by atoms with Gasteiger partial charge in [-0.3, -0.25) is 9.59 Å². The van der Waals surface area contributed by atoms with Crippen LogP contribution in [0.5, 0.6) is 17.2 Å². The molecule has 0 atom stereocenters. The number of nitrogens with one attached hydrogen (secondary N) is 2. The first-order valence-corrected chi connectivity index (χ1v) is 11.2. The van der Waals surface area contributed by atoms with Crippen molar-refractivity contribution in [1.29, 1.82) is 5.26 Å². The molecule has 0 aliphatic rings. The molecule has 0 saturated heterocycles. The Morgan fingerprint density at radius 1 is 1.14 bits per heavy atom. The van der Waals surface area contributed by atoms with E-state index in [-0.39, 0.29) is 29.4 Å². The van der Waals surface area contributed by atoms with Gasteiger partial charge in [-0.15, -0.1) is 0 Å². The van der Waals surface area contributed by atoms with Crippen LogP contribution in [0.3, 0.4) is 0 Å². The van der Waals surface area contributed by atoms with Gasteiger partial charge in [0.05, 0.1) is 22.3 Å². The van der Waals surface area contributed by atoms with Crippen molar-refractivity contribution in [2.24, 2.45) is 0 Å². The van der Waals surface area contributed by atoms with E-state index in [2.05, 4.69) is 26.6 Å². The van der Waals surface area contributed by atoms with Gasteiger partial charge >= 0.3 is 0 Å². The van der Waals surface area contributed by atoms with E-state index in [0.717, 1.165) is 0 Å². The van der Waals surface area contributed by atoms with Crippen molar-refractivity contribution in [3.05, 3.63) is 81.3 Å². The van der Waals surface area contributed by atoms with Gasteiger partial charge in [0.15, 0.2) is 18.1 Å². The number of phenols is 1. The second-order valence-electron chi connectivity index (χ2n) is 7.02. The minimum absolute atomic E-state index is 0.0552. The number of phenolic OH excluding ortho intramolecular Hbond substituents is 1. The van der Waals surface area contributed by atoms with E-state index >= 15 is 0 Å². The molecule has 0 bridgehead atoms. The summed E-state index contributed by atoms with van der Waals surface area (Å²) < 4.78 is 11.5. The van der Waals surface area contributed by atoms with Crippen LogP contribution in [0.25, 0.3) is 6.08 Å². The summed E-state index contributed by atoms with van der Waals surface area (Å²) in [7, 11) is 1.43. The summed E-state index contributed by atoms with van der Waals surface area (Å²) in [5.41, 5.74) is 1.22. The molecule has 0 heterocycles. The van der Waals surface area contributed by atoms with Gasteiger partial charge < -0.3 is 25.2 Å². The minimum Gasteiger partial charge on any atom is -0.508 e. The van der Waals surface area contributed by atoms with Gasteiger partial charge in [0.2, 0.25) is 0 Å². The summed E-state index contributed by atoms with van der Waals surface area (Å²) in [6, 6.07) is 17.7. The minimum atomic E-state index is -0.621. The first-order valence-electron chi connectivity index (χ1n) is 10.1. The maximum absolute atomic E-state index is 12.5. The quantitative estimate of drug-likeness (QED) is 0.195. The number of hydrogen-bond acceptors (Lipinski definition) is 6. The molecule has 3 aromatic carbocycles. The SMILES string of the molecule is COc1cc(/C=C(\C#N)C(=O)Nc2ccc(O)cc2)cc(Br)c1OCC(=O)Nc1ccccc1Cl. The first-order chi connectivity index (χ1) is 16.8. The Morgan fingerprint density at radius 3 is 2.51 bits per heavy atom. The monoisotopic (exact) mass is 555 g/mol. The molecular weight excluding hydrogens is 538 g/mol. The average molecular weight is 557 g/mol. The molecule has 0 unspecified atom stereocenters. The number of para-hydroxylation sites is 1. The highest BCUT2D eigenvalue weighted by atomic mass is 79.9. The number of carbonyl (C=O) groups is 2. The van der Waals surface area contributed by atoms with Gasteiger partial charge in [0, 0.05) is 5.69 Å². The van der Waals surface area contributed by atoms with Crippen LogP contribution >= 0.6 is 27.5 Å². The number of hydrogen-bond donors (Lipinski definition) is 3. The number of nitriles is 1. The molecule has 0 aliphatic carbocycles. The fourth-order valence-corrected chi connectivity index (χ4v) is 3.67. The van der Waals surface area contributed by atoms with E-state index in [1.54, 1.807) is 36.4 Å². The van der Waals surface area contributed by atoms with Gasteiger partial charge in [-0.1, -0.05) is 23.7 Å². The zero-order valence-corrected chi connectivity index (χ0v) is 20.7. The van der Waals surface area contributed by atoms with Crippen molar-refractivity contribution in [2.45, 2.75) is 0 Å². The third-order valence-electron chi connectivity index (χ3n) is 4.55. The number of ether oxygens (including phenoxy) is 2. The van der Waals surface area contributed by atoms with Crippen LogP contribution in [0.15, 0.2) is 70.7 Å². The highest BCUT2D eigenvalue weighted by Gasteiger charge is 2.16. The Labute approximate surface area is 214 Å². The zero-order valence-electron chi connectivity index (χ0n) is 18.3. The Hall–Kier alpha value is -4.00. The van der Waals surface area contributed by atoms with E-state index in [1.165, 1.54) is 37.5 Å². The second kappa shape index (κ2) is 11.9. The standard InChI is InChI=1S/C25H19BrClN3O5/c1-34-22-12-15(10-16(13-28)25(33)29-17-6-8-18(31)9-7-17)11-19(26)24(22)35-14-23(32)30-21-5-3-2-4-20(21)27/h2-12,31H,14H2,1H3,(H,29,33)(H,30,32)/b16-10+. The van der Waals surface area contributed by atoms with Gasteiger partial charge in [-0.05, 0) is 76.1 Å². The van der Waals surface area contributed by atoms with Crippen LogP contribution in [-0.2, 0) is 9.59 Å². The summed E-state index contributed by atoms with van der Waals surface area (Å²) in [5.74, 6) is -0.434. The van der Waals surface area contributed by atoms with E-state index in [1.807, 2.05) is 6.07 Å². The summed E-state index contributed by atoms with van der Waals surface area (Å²) in [4.78, 5) is 24.8. The molecule has 0 spiro atoms. The number of nitrogens with zero attached hydrogens (tertiary/aromatic N) is 1. The van der Waals surface area contributed by atoms with Crippen LogP contribution in [0.1, 0.15) is 5.56 Å². The van der Waals surface area contributed by atoms with Crippen LogP contribution < -0.4 is 20.1 Å². The smallest absolute Gasteiger partial charge is 0.266 e. The molecule has 0 radical (unpaired) electrons. The third kappa shape index (κ3) is 6.99. The number of carbonyl (C=O) groups excluding carboxylic acids is 2. The van der Waals surface area contributed by atoms with Crippen LogP contribution in [0.2, 0.25) is 5.02 Å². The molecule has 0 fully saturated rings. The topological polar surface area (TPSA) is 121 Å². The fourth-order valence-electron chi connectivity index (χ4n) is 2.91. The largest absolute Gasteiger partial charge is 0.508 e. The van der Waals surface area contributed by atoms with Gasteiger partial charge in [0.25, 0.3) is 11.8 Å². The lowest BCUT2D eigenvalue weighted by molar-refractivity contribution is -0.118. The lowest BCUT2D eigenvalue weighted by Crippen LogP contribution is -2.20. The van der Waals surface area contributed by atoms with Gasteiger partial charge in [-0.25, -0.2) is 0 Å². The highest BCUT2D eigenvalue weighted by molar-refractivity contribution is 9.10. The third-order valence-corrected chi connectivity index (χ3v) is 5.47. The molecule has 178 valence electrons. The predicted octanol–water partition coefficient (Wildman–Crippen LogP) is 5.38. The molecule has 3 N–H and O–H groups in total. The number of aromatic hydroxyl groups is 1. The zero-order chi connectivity index (χ0) is 25.4. The molecule has 3 aromatic rings. The fraction of sp³-hybridized carbons (Fsp3) is 0.0800. The molecule has 0 aliphatic heterocycles. The van der Waals surface area contributed by atoms with Crippen LogP contribution in [0, 0.1) is 11.3 Å². The lowest BCUT2D eigenvalue weighted by Gasteiger charge is -2.14. The molecule has 35 heavy (non-hydrogen) atoms. The van der Waals surface area contributed by atoms with Gasteiger partial charge in [0.1, 0.15) is 17.4 Å². The average Bonchev–Trinajstić information content (AvgIpc) is 2.84. The van der Waals surface area contributed by atoms with Crippen LogP contribution in [-0.4, -0.2) is 30.6 Å². The van der Waals surface area contributed by atoms with Gasteiger partial charge in [-0.2, -0.15) is 5.26 Å². The molecule has 10 heteroatoms. The number of rotatable bonds is 8. The summed E-state index contributed by atoms with van der Waals surface area (Å²) in [6.45, 7) is -0.312. The highest BCUT2D eigenvalue weighted by Crippen LogP contribution is 2.37. The van der Waals surface area contributed by atoms with Crippen LogP contribution in [0.4, 0.5) is 11.4 Å². The Balaban J connectivity index is 1.74. The van der Waals surface area contributed by atoms with Crippen molar-refractivity contribution < 1.29 is 24.2 Å². The molecule has 0 saturated carbocycles.